The molecule has 4 nitrogen and oxygen atoms in total. The van der Waals surface area contributed by atoms with Gasteiger partial charge in [-0.3, -0.25) is 9.80 Å². The molecule has 3 rings (SSSR count). The minimum atomic E-state index is 0.775. The third-order valence-corrected chi connectivity index (χ3v) is 4.70. The smallest absolute Gasteiger partial charge is 0.138 e. The van der Waals surface area contributed by atoms with Crippen LogP contribution < -0.4 is 0 Å². The van der Waals surface area contributed by atoms with Gasteiger partial charge in [-0.1, -0.05) is 11.6 Å². The van der Waals surface area contributed by atoms with Crippen LogP contribution in [-0.4, -0.2) is 47.2 Å². The maximum atomic E-state index is 5.29. The van der Waals surface area contributed by atoms with Crippen molar-refractivity contribution in [2.75, 3.05) is 26.2 Å². The summed E-state index contributed by atoms with van der Waals surface area (Å²) in [5.41, 5.74) is 2.35. The summed E-state index contributed by atoms with van der Waals surface area (Å²) >= 11 is 0. The molecule has 1 aromatic heterocycles. The van der Waals surface area contributed by atoms with Crippen molar-refractivity contribution < 1.29 is 4.52 Å². The minimum absolute atomic E-state index is 0.775. The fraction of sp³-hybridized carbons (Fsp3) is 0.800. The maximum Gasteiger partial charge on any atom is 0.138 e. The zero-order chi connectivity index (χ0) is 13.2. The van der Waals surface area contributed by atoms with Crippen molar-refractivity contribution in [1.29, 1.82) is 0 Å². The second kappa shape index (κ2) is 5.63. The molecule has 0 spiro atoms. The topological polar surface area (TPSA) is 32.5 Å². The first-order valence-electron chi connectivity index (χ1n) is 7.62. The second-order valence-corrected chi connectivity index (χ2v) is 6.08. The Morgan fingerprint density at radius 1 is 1.16 bits per heavy atom. The molecule has 2 fully saturated rings. The summed E-state index contributed by atoms with van der Waals surface area (Å²) in [5, 5.41) is 4.07. The molecule has 0 radical (unpaired) electrons. The van der Waals surface area contributed by atoms with E-state index in [2.05, 4.69) is 21.9 Å². The third kappa shape index (κ3) is 2.84. The predicted molar refractivity (Wildman–Crippen MR) is 75.1 cm³/mol. The number of piperidine rings is 1. The van der Waals surface area contributed by atoms with E-state index >= 15 is 0 Å². The average Bonchev–Trinajstić information content (AvgIpc) is 2.64. The largest absolute Gasteiger partial charge is 0.361 e. The van der Waals surface area contributed by atoms with Crippen LogP contribution in [0.3, 0.4) is 0 Å². The first-order chi connectivity index (χ1) is 9.24. The number of fused-ring (bicyclic) bond motifs is 1. The Morgan fingerprint density at radius 3 is 2.79 bits per heavy atom. The molecule has 106 valence electrons. The van der Waals surface area contributed by atoms with Crippen LogP contribution in [0, 0.1) is 13.8 Å². The quantitative estimate of drug-likeness (QED) is 0.820. The van der Waals surface area contributed by atoms with Gasteiger partial charge in [-0.15, -0.1) is 0 Å². The molecule has 0 saturated carbocycles. The molecule has 2 aliphatic heterocycles. The lowest BCUT2D eigenvalue weighted by Crippen LogP contribution is -2.43. The summed E-state index contributed by atoms with van der Waals surface area (Å²) < 4.78 is 5.29. The SMILES string of the molecule is Cc1noc(C)c1CN1CCCN2CCCCC2C1. The van der Waals surface area contributed by atoms with Gasteiger partial charge in [0, 0.05) is 24.7 Å². The lowest BCUT2D eigenvalue weighted by atomic mass is 10.0. The summed E-state index contributed by atoms with van der Waals surface area (Å²) in [4.78, 5) is 5.30. The van der Waals surface area contributed by atoms with Crippen molar-refractivity contribution in [3.8, 4) is 0 Å². The molecule has 0 bridgehead atoms. The zero-order valence-electron chi connectivity index (χ0n) is 12.2. The van der Waals surface area contributed by atoms with Gasteiger partial charge < -0.3 is 4.52 Å². The molecule has 3 heterocycles. The molecule has 2 saturated heterocycles. The van der Waals surface area contributed by atoms with E-state index in [0.29, 0.717) is 0 Å². The molecular weight excluding hydrogens is 238 g/mol. The van der Waals surface area contributed by atoms with Gasteiger partial charge in [0.15, 0.2) is 0 Å². The van der Waals surface area contributed by atoms with Crippen LogP contribution in [0.2, 0.25) is 0 Å². The van der Waals surface area contributed by atoms with E-state index in [1.165, 1.54) is 57.4 Å². The maximum absolute atomic E-state index is 5.29. The van der Waals surface area contributed by atoms with Gasteiger partial charge in [-0.25, -0.2) is 0 Å². The molecule has 0 amide bonds. The van der Waals surface area contributed by atoms with Crippen LogP contribution in [0.4, 0.5) is 0 Å². The fourth-order valence-corrected chi connectivity index (χ4v) is 3.54. The van der Waals surface area contributed by atoms with Crippen LogP contribution in [0.1, 0.15) is 42.7 Å². The highest BCUT2D eigenvalue weighted by molar-refractivity contribution is 5.20. The lowest BCUT2D eigenvalue weighted by Gasteiger charge is -2.35. The van der Waals surface area contributed by atoms with Crippen molar-refractivity contribution in [3.05, 3.63) is 17.0 Å². The number of rotatable bonds is 2. The molecule has 0 aliphatic carbocycles. The second-order valence-electron chi connectivity index (χ2n) is 6.08. The summed E-state index contributed by atoms with van der Waals surface area (Å²) in [5.74, 6) is 0.988. The van der Waals surface area contributed by atoms with E-state index in [4.69, 9.17) is 4.52 Å². The van der Waals surface area contributed by atoms with Gasteiger partial charge in [0.1, 0.15) is 5.76 Å². The summed E-state index contributed by atoms with van der Waals surface area (Å²) in [7, 11) is 0. The summed E-state index contributed by atoms with van der Waals surface area (Å²) in [6, 6.07) is 0.775. The van der Waals surface area contributed by atoms with Crippen LogP contribution in [-0.2, 0) is 6.54 Å². The van der Waals surface area contributed by atoms with E-state index in [-0.39, 0.29) is 0 Å². The van der Waals surface area contributed by atoms with Gasteiger partial charge in [0.2, 0.25) is 0 Å². The number of aryl methyl sites for hydroxylation is 2. The standard InChI is InChI=1S/C15H25N3O/c1-12-15(13(2)19-16-12)11-17-7-5-9-18-8-4-3-6-14(18)10-17/h14H,3-11H2,1-2H3. The number of aromatic nitrogens is 1. The van der Waals surface area contributed by atoms with Crippen LogP contribution in [0.15, 0.2) is 4.52 Å². The van der Waals surface area contributed by atoms with Gasteiger partial charge in [-0.05, 0) is 52.7 Å². The van der Waals surface area contributed by atoms with Gasteiger partial charge in [0.05, 0.1) is 5.69 Å². The Balaban J connectivity index is 1.68. The molecule has 0 aromatic carbocycles. The van der Waals surface area contributed by atoms with E-state index in [0.717, 1.165) is 24.0 Å². The highest BCUT2D eigenvalue weighted by atomic mass is 16.5. The molecule has 1 aromatic rings. The first kappa shape index (κ1) is 13.1. The third-order valence-electron chi connectivity index (χ3n) is 4.70. The Labute approximate surface area is 115 Å². The van der Waals surface area contributed by atoms with Crippen molar-refractivity contribution in [2.45, 2.75) is 52.1 Å². The monoisotopic (exact) mass is 263 g/mol. The van der Waals surface area contributed by atoms with Gasteiger partial charge in [0.25, 0.3) is 0 Å². The first-order valence-corrected chi connectivity index (χ1v) is 7.62. The van der Waals surface area contributed by atoms with Crippen LogP contribution in [0.5, 0.6) is 0 Å². The van der Waals surface area contributed by atoms with E-state index < -0.39 is 0 Å². The highest BCUT2D eigenvalue weighted by Crippen LogP contribution is 2.23. The van der Waals surface area contributed by atoms with Crippen molar-refractivity contribution >= 4 is 0 Å². The molecule has 19 heavy (non-hydrogen) atoms. The highest BCUT2D eigenvalue weighted by Gasteiger charge is 2.27. The lowest BCUT2D eigenvalue weighted by molar-refractivity contribution is 0.134. The van der Waals surface area contributed by atoms with Crippen LogP contribution in [0.25, 0.3) is 0 Å². The molecular formula is C15H25N3O. The predicted octanol–water partition coefficient (Wildman–Crippen LogP) is 2.35. The molecule has 1 atom stereocenters. The van der Waals surface area contributed by atoms with Gasteiger partial charge >= 0.3 is 0 Å². The van der Waals surface area contributed by atoms with E-state index in [9.17, 15) is 0 Å². The van der Waals surface area contributed by atoms with Crippen molar-refractivity contribution in [2.24, 2.45) is 0 Å². The van der Waals surface area contributed by atoms with Crippen LogP contribution >= 0.6 is 0 Å². The Hall–Kier alpha value is -0.870. The Morgan fingerprint density at radius 2 is 2.00 bits per heavy atom. The number of nitrogens with zero attached hydrogens (tertiary/aromatic N) is 3. The number of hydrogen-bond donors (Lipinski definition) is 0. The Bertz CT molecular complexity index is 410. The summed E-state index contributed by atoms with van der Waals surface area (Å²) in [6.07, 6.45) is 5.46. The zero-order valence-corrected chi connectivity index (χ0v) is 12.2. The van der Waals surface area contributed by atoms with Crippen molar-refractivity contribution in [1.82, 2.24) is 15.0 Å². The molecule has 0 N–H and O–H groups in total. The number of hydrogen-bond acceptors (Lipinski definition) is 4. The molecule has 2 aliphatic rings. The summed E-state index contributed by atoms with van der Waals surface area (Å²) in [6.45, 7) is 10.1. The van der Waals surface area contributed by atoms with E-state index in [1.807, 2.05) is 6.92 Å². The van der Waals surface area contributed by atoms with Gasteiger partial charge in [-0.2, -0.15) is 0 Å². The Kier molecular flexibility index (Phi) is 3.89. The normalized spacial score (nSPS) is 26.1. The fourth-order valence-electron chi connectivity index (χ4n) is 3.54. The van der Waals surface area contributed by atoms with E-state index in [1.54, 1.807) is 0 Å². The molecule has 4 heteroatoms. The average molecular weight is 263 g/mol. The molecule has 1 unspecified atom stereocenters. The minimum Gasteiger partial charge on any atom is -0.361 e. The van der Waals surface area contributed by atoms with Crippen molar-refractivity contribution in [3.63, 3.8) is 0 Å².